The lowest BCUT2D eigenvalue weighted by atomic mass is 10.0. The van der Waals surface area contributed by atoms with Crippen molar-refractivity contribution in [1.82, 2.24) is 4.98 Å². The number of hydrogen-bond acceptors (Lipinski definition) is 3. The first-order chi connectivity index (χ1) is 11.1. The molecule has 1 aromatic heterocycles. The average molecular weight is 304 g/mol. The Bertz CT molecular complexity index is 980. The van der Waals surface area contributed by atoms with Gasteiger partial charge in [0.1, 0.15) is 11.4 Å². The third-order valence-corrected chi connectivity index (χ3v) is 4.29. The number of carbonyl (C=O) groups excluding carboxylic acids is 1. The SMILES string of the molecule is CC(C)c1ccc2[nH]c(C3=Nc4ccccc4C3=O)c(O)c2c1. The van der Waals surface area contributed by atoms with Crippen LogP contribution in [0.15, 0.2) is 47.5 Å². The van der Waals surface area contributed by atoms with Gasteiger partial charge in [-0.15, -0.1) is 0 Å². The summed E-state index contributed by atoms with van der Waals surface area (Å²) in [6, 6.07) is 13.1. The lowest BCUT2D eigenvalue weighted by molar-refractivity contribution is 0.107. The van der Waals surface area contributed by atoms with Gasteiger partial charge in [-0.2, -0.15) is 0 Å². The molecular formula is C19H16N2O2. The van der Waals surface area contributed by atoms with E-state index in [-0.39, 0.29) is 17.2 Å². The van der Waals surface area contributed by atoms with Gasteiger partial charge in [0.05, 0.1) is 5.69 Å². The van der Waals surface area contributed by atoms with Crippen LogP contribution in [0.1, 0.15) is 41.4 Å². The van der Waals surface area contributed by atoms with Crippen molar-refractivity contribution in [2.24, 2.45) is 4.99 Å². The molecule has 23 heavy (non-hydrogen) atoms. The molecule has 4 rings (SSSR count). The van der Waals surface area contributed by atoms with Gasteiger partial charge >= 0.3 is 0 Å². The summed E-state index contributed by atoms with van der Waals surface area (Å²) in [5, 5.41) is 11.3. The number of carbonyl (C=O) groups is 1. The molecule has 0 aliphatic carbocycles. The fraction of sp³-hybridized carbons (Fsp3) is 0.158. The predicted molar refractivity (Wildman–Crippen MR) is 91.0 cm³/mol. The second kappa shape index (κ2) is 4.81. The number of rotatable bonds is 2. The fourth-order valence-electron chi connectivity index (χ4n) is 2.96. The number of aromatic amines is 1. The highest BCUT2D eigenvalue weighted by Crippen LogP contribution is 2.36. The van der Waals surface area contributed by atoms with Gasteiger partial charge in [0.15, 0.2) is 5.75 Å². The Balaban J connectivity index is 1.88. The van der Waals surface area contributed by atoms with Gasteiger partial charge in [-0.3, -0.25) is 4.79 Å². The van der Waals surface area contributed by atoms with E-state index >= 15 is 0 Å². The summed E-state index contributed by atoms with van der Waals surface area (Å²) in [7, 11) is 0. The van der Waals surface area contributed by atoms with Crippen LogP contribution < -0.4 is 0 Å². The third kappa shape index (κ3) is 1.99. The molecule has 2 heterocycles. The van der Waals surface area contributed by atoms with Crippen LogP contribution in [0.3, 0.4) is 0 Å². The second-order valence-electron chi connectivity index (χ2n) is 6.12. The van der Waals surface area contributed by atoms with Crippen molar-refractivity contribution in [3.05, 3.63) is 59.3 Å². The molecule has 0 radical (unpaired) electrons. The molecule has 0 fully saturated rings. The number of H-pyrrole nitrogens is 1. The van der Waals surface area contributed by atoms with Gasteiger partial charge in [0.25, 0.3) is 0 Å². The number of aromatic nitrogens is 1. The maximum atomic E-state index is 12.5. The number of nitrogens with one attached hydrogen (secondary N) is 1. The Hall–Kier alpha value is -2.88. The molecular weight excluding hydrogens is 288 g/mol. The Labute approximate surface area is 133 Å². The van der Waals surface area contributed by atoms with Crippen molar-refractivity contribution in [1.29, 1.82) is 0 Å². The molecule has 114 valence electrons. The Morgan fingerprint density at radius 2 is 1.91 bits per heavy atom. The van der Waals surface area contributed by atoms with Crippen molar-refractivity contribution >= 4 is 28.1 Å². The van der Waals surface area contributed by atoms with Crippen LogP contribution in [0.5, 0.6) is 5.75 Å². The van der Waals surface area contributed by atoms with Gasteiger partial charge in [-0.05, 0) is 35.7 Å². The van der Waals surface area contributed by atoms with E-state index in [1.807, 2.05) is 30.3 Å². The highest BCUT2D eigenvalue weighted by Gasteiger charge is 2.29. The van der Waals surface area contributed by atoms with Crippen LogP contribution in [0.4, 0.5) is 5.69 Å². The summed E-state index contributed by atoms with van der Waals surface area (Å²) in [5.74, 6) is 0.292. The van der Waals surface area contributed by atoms with Crippen molar-refractivity contribution in [3.8, 4) is 5.75 Å². The normalized spacial score (nSPS) is 13.7. The molecule has 2 N–H and O–H groups in total. The zero-order chi connectivity index (χ0) is 16.1. The number of para-hydroxylation sites is 1. The highest BCUT2D eigenvalue weighted by atomic mass is 16.3. The number of hydrogen-bond donors (Lipinski definition) is 2. The molecule has 2 aromatic carbocycles. The standard InChI is InChI=1S/C19H16N2O2/c1-10(2)11-7-8-15-13(9-11)19(23)17(21-15)16-18(22)12-5-3-4-6-14(12)20-16/h3-10,21,23H,1-2H3. The first-order valence-corrected chi connectivity index (χ1v) is 7.63. The average Bonchev–Trinajstić information content (AvgIpc) is 3.05. The number of benzene rings is 2. The first kappa shape index (κ1) is 13.8. The number of aromatic hydroxyl groups is 1. The van der Waals surface area contributed by atoms with Crippen molar-refractivity contribution in [3.63, 3.8) is 0 Å². The van der Waals surface area contributed by atoms with E-state index in [0.717, 1.165) is 16.5 Å². The van der Waals surface area contributed by atoms with Crippen molar-refractivity contribution in [2.75, 3.05) is 0 Å². The maximum absolute atomic E-state index is 12.5. The lowest BCUT2D eigenvalue weighted by Gasteiger charge is -2.04. The molecule has 0 amide bonds. The molecule has 0 spiro atoms. The molecule has 3 aromatic rings. The predicted octanol–water partition coefficient (Wildman–Crippen LogP) is 4.31. The van der Waals surface area contributed by atoms with E-state index in [4.69, 9.17) is 0 Å². The molecule has 0 bridgehead atoms. The molecule has 4 heteroatoms. The van der Waals surface area contributed by atoms with Crippen LogP contribution >= 0.6 is 0 Å². The number of ketones is 1. The summed E-state index contributed by atoms with van der Waals surface area (Å²) in [5.41, 5.74) is 3.82. The smallest absolute Gasteiger partial charge is 0.215 e. The van der Waals surface area contributed by atoms with E-state index in [9.17, 15) is 9.90 Å². The quantitative estimate of drug-likeness (QED) is 0.740. The van der Waals surface area contributed by atoms with Crippen LogP contribution in [-0.4, -0.2) is 21.6 Å². The van der Waals surface area contributed by atoms with Gasteiger partial charge in [-0.1, -0.05) is 32.0 Å². The molecule has 1 aliphatic rings. The van der Waals surface area contributed by atoms with Crippen LogP contribution in [-0.2, 0) is 0 Å². The number of aliphatic imine (C=N–C) groups is 1. The molecule has 0 saturated carbocycles. The molecule has 0 atom stereocenters. The van der Waals surface area contributed by atoms with Gasteiger partial charge < -0.3 is 10.1 Å². The minimum absolute atomic E-state index is 0.0856. The summed E-state index contributed by atoms with van der Waals surface area (Å²) in [6.45, 7) is 4.21. The van der Waals surface area contributed by atoms with Crippen molar-refractivity contribution in [2.45, 2.75) is 19.8 Å². The first-order valence-electron chi connectivity index (χ1n) is 7.63. The zero-order valence-corrected chi connectivity index (χ0v) is 12.9. The van der Waals surface area contributed by atoms with Gasteiger partial charge in [0.2, 0.25) is 5.78 Å². The fourth-order valence-corrected chi connectivity index (χ4v) is 2.96. The summed E-state index contributed by atoms with van der Waals surface area (Å²) in [6.07, 6.45) is 0. The molecule has 4 nitrogen and oxygen atoms in total. The number of nitrogens with zero attached hydrogens (tertiary/aromatic N) is 1. The van der Waals surface area contributed by atoms with E-state index in [0.29, 0.717) is 22.9 Å². The van der Waals surface area contributed by atoms with E-state index in [2.05, 4.69) is 23.8 Å². The minimum atomic E-state index is -0.161. The van der Waals surface area contributed by atoms with Gasteiger partial charge in [-0.25, -0.2) is 4.99 Å². The van der Waals surface area contributed by atoms with Crippen LogP contribution in [0.25, 0.3) is 10.9 Å². The Morgan fingerprint density at radius 1 is 1.13 bits per heavy atom. The number of Topliss-reactive ketones (excluding diaryl/α,β-unsaturated/α-hetero) is 1. The Kier molecular flexibility index (Phi) is 2.88. The van der Waals surface area contributed by atoms with E-state index in [1.165, 1.54) is 0 Å². The van der Waals surface area contributed by atoms with Gasteiger partial charge in [0, 0.05) is 16.5 Å². The topological polar surface area (TPSA) is 65.5 Å². The van der Waals surface area contributed by atoms with Crippen molar-refractivity contribution < 1.29 is 9.90 Å². The largest absolute Gasteiger partial charge is 0.505 e. The monoisotopic (exact) mass is 304 g/mol. The number of fused-ring (bicyclic) bond motifs is 2. The summed E-state index contributed by atoms with van der Waals surface area (Å²) < 4.78 is 0. The minimum Gasteiger partial charge on any atom is -0.505 e. The van der Waals surface area contributed by atoms with Crippen LogP contribution in [0.2, 0.25) is 0 Å². The summed E-state index contributed by atoms with van der Waals surface area (Å²) >= 11 is 0. The van der Waals surface area contributed by atoms with Crippen LogP contribution in [0, 0.1) is 0 Å². The molecule has 1 aliphatic heterocycles. The third-order valence-electron chi connectivity index (χ3n) is 4.29. The van der Waals surface area contributed by atoms with E-state index < -0.39 is 0 Å². The second-order valence-corrected chi connectivity index (χ2v) is 6.12. The van der Waals surface area contributed by atoms with E-state index in [1.54, 1.807) is 12.1 Å². The summed E-state index contributed by atoms with van der Waals surface area (Å²) in [4.78, 5) is 20.1. The lowest BCUT2D eigenvalue weighted by Crippen LogP contribution is -2.11. The zero-order valence-electron chi connectivity index (χ0n) is 12.9. The molecule has 0 unspecified atom stereocenters. The molecule has 0 saturated heterocycles. The Morgan fingerprint density at radius 3 is 2.65 bits per heavy atom. The maximum Gasteiger partial charge on any atom is 0.215 e. The highest BCUT2D eigenvalue weighted by molar-refractivity contribution is 6.55.